The summed E-state index contributed by atoms with van der Waals surface area (Å²) >= 11 is 0. The zero-order valence-corrected chi connectivity index (χ0v) is 19.3. The molecule has 1 atom stereocenters. The lowest BCUT2D eigenvalue weighted by Crippen LogP contribution is -2.31. The van der Waals surface area contributed by atoms with E-state index in [-0.39, 0.29) is 6.10 Å². The van der Waals surface area contributed by atoms with Crippen LogP contribution in [0, 0.1) is 0 Å². The van der Waals surface area contributed by atoms with Crippen LogP contribution in [0.2, 0.25) is 0 Å². The molecule has 0 saturated carbocycles. The second kappa shape index (κ2) is 12.0. The Morgan fingerprint density at radius 2 is 1.94 bits per heavy atom. The summed E-state index contributed by atoms with van der Waals surface area (Å²) in [6, 6.07) is 12.1. The van der Waals surface area contributed by atoms with Gasteiger partial charge in [-0.15, -0.1) is 13.2 Å². The minimum absolute atomic E-state index is 0.243. The molecule has 1 unspecified atom stereocenters. The molecule has 5 nitrogen and oxygen atoms in total. The third-order valence-corrected chi connectivity index (χ3v) is 6.05. The van der Waals surface area contributed by atoms with Crippen LogP contribution >= 0.6 is 0 Å². The van der Waals surface area contributed by atoms with E-state index < -0.39 is 5.60 Å². The van der Waals surface area contributed by atoms with Gasteiger partial charge in [-0.05, 0) is 68.4 Å². The van der Waals surface area contributed by atoms with Gasteiger partial charge in [0.05, 0.1) is 19.8 Å². The maximum Gasteiger partial charge on any atom is 0.135 e. The highest BCUT2D eigenvalue weighted by atomic mass is 16.5. The Balaban J connectivity index is 1.75. The van der Waals surface area contributed by atoms with Crippen LogP contribution in [0.4, 0.5) is 0 Å². The first-order valence-electron chi connectivity index (χ1n) is 11.6. The molecule has 0 radical (unpaired) electrons. The number of furan rings is 1. The highest BCUT2D eigenvalue weighted by molar-refractivity contribution is 5.28. The number of hydrogen-bond donors (Lipinski definition) is 1. The van der Waals surface area contributed by atoms with E-state index in [4.69, 9.17) is 13.9 Å². The molecule has 0 amide bonds. The van der Waals surface area contributed by atoms with Gasteiger partial charge in [0.15, 0.2) is 0 Å². The predicted octanol–water partition coefficient (Wildman–Crippen LogP) is 5.59. The van der Waals surface area contributed by atoms with Crippen molar-refractivity contribution in [2.75, 3.05) is 20.3 Å². The smallest absolute Gasteiger partial charge is 0.135 e. The van der Waals surface area contributed by atoms with Gasteiger partial charge in [-0.3, -0.25) is 4.90 Å². The molecule has 1 saturated heterocycles. The van der Waals surface area contributed by atoms with Gasteiger partial charge >= 0.3 is 0 Å². The molecule has 32 heavy (non-hydrogen) atoms. The van der Waals surface area contributed by atoms with Crippen LogP contribution in [0.3, 0.4) is 0 Å². The molecule has 1 fully saturated rings. The van der Waals surface area contributed by atoms with Gasteiger partial charge in [-0.2, -0.15) is 0 Å². The summed E-state index contributed by atoms with van der Waals surface area (Å²) in [4.78, 5) is 2.35. The molecular weight excluding hydrogens is 402 g/mol. The minimum atomic E-state index is -1.01. The summed E-state index contributed by atoms with van der Waals surface area (Å²) in [6.45, 7) is 10.7. The maximum atomic E-state index is 11.3. The molecule has 174 valence electrons. The molecule has 1 aliphatic heterocycles. The van der Waals surface area contributed by atoms with E-state index in [0.717, 1.165) is 56.9 Å². The van der Waals surface area contributed by atoms with E-state index in [1.54, 1.807) is 7.11 Å². The standard InChI is InChI=1S/C27H37NO4/c1-4-6-15-27(29,16-7-5-2)26-14-13-25(32-26)21-28(20-24-12-9-17-31-24)19-22-10-8-11-23(18-22)30-3/h4-5,8,10-11,13-14,18,24,29H,1-2,6-7,9,12,15-17,19-21H2,3H3. The van der Waals surface area contributed by atoms with Gasteiger partial charge in [0.1, 0.15) is 22.9 Å². The molecule has 1 aromatic carbocycles. The lowest BCUT2D eigenvalue weighted by Gasteiger charge is -2.26. The van der Waals surface area contributed by atoms with Crippen molar-refractivity contribution < 1.29 is 19.0 Å². The van der Waals surface area contributed by atoms with Gasteiger partial charge in [0, 0.05) is 19.7 Å². The summed E-state index contributed by atoms with van der Waals surface area (Å²) in [6.07, 6.45) is 8.73. The number of allylic oxidation sites excluding steroid dienone is 2. The van der Waals surface area contributed by atoms with Crippen molar-refractivity contribution in [3.8, 4) is 5.75 Å². The average Bonchev–Trinajstić information content (AvgIpc) is 3.49. The zero-order valence-electron chi connectivity index (χ0n) is 19.3. The molecular formula is C27H37NO4. The number of aliphatic hydroxyl groups is 1. The third kappa shape index (κ3) is 6.83. The van der Waals surface area contributed by atoms with E-state index in [1.165, 1.54) is 5.56 Å². The Bertz CT molecular complexity index is 841. The van der Waals surface area contributed by atoms with Crippen LogP contribution in [-0.4, -0.2) is 36.4 Å². The molecule has 1 N–H and O–H groups in total. The van der Waals surface area contributed by atoms with Crippen LogP contribution in [0.15, 0.2) is 66.1 Å². The number of nitrogens with zero attached hydrogens (tertiary/aromatic N) is 1. The van der Waals surface area contributed by atoms with Crippen LogP contribution in [0.5, 0.6) is 5.75 Å². The zero-order chi connectivity index (χ0) is 22.8. The first-order valence-corrected chi connectivity index (χ1v) is 11.6. The summed E-state index contributed by atoms with van der Waals surface area (Å²) in [5, 5.41) is 11.3. The molecule has 2 heterocycles. The third-order valence-electron chi connectivity index (χ3n) is 6.05. The second-order valence-corrected chi connectivity index (χ2v) is 8.61. The highest BCUT2D eigenvalue weighted by Gasteiger charge is 2.31. The lowest BCUT2D eigenvalue weighted by molar-refractivity contribution is -0.00261. The number of hydrogen-bond acceptors (Lipinski definition) is 5. The average molecular weight is 440 g/mol. The van der Waals surface area contributed by atoms with Crippen molar-refractivity contribution in [3.05, 3.63) is 78.8 Å². The first-order chi connectivity index (χ1) is 15.6. The highest BCUT2D eigenvalue weighted by Crippen LogP contribution is 2.33. The van der Waals surface area contributed by atoms with Gasteiger partial charge in [0.25, 0.3) is 0 Å². The SMILES string of the molecule is C=CCCC(O)(CCC=C)c1ccc(CN(Cc2cccc(OC)c2)CC2CCCO2)o1. The summed E-state index contributed by atoms with van der Waals surface area (Å²) in [5.41, 5.74) is 0.176. The number of methoxy groups -OCH3 is 1. The fourth-order valence-corrected chi connectivity index (χ4v) is 4.28. The monoisotopic (exact) mass is 439 g/mol. The number of rotatable bonds is 14. The van der Waals surface area contributed by atoms with Gasteiger partial charge in [-0.25, -0.2) is 0 Å². The summed E-state index contributed by atoms with van der Waals surface area (Å²) in [7, 11) is 1.69. The molecule has 1 aliphatic rings. The molecule has 0 spiro atoms. The van der Waals surface area contributed by atoms with E-state index in [0.29, 0.717) is 25.1 Å². The van der Waals surface area contributed by atoms with Crippen molar-refractivity contribution in [3.63, 3.8) is 0 Å². The topological polar surface area (TPSA) is 55.1 Å². The fourth-order valence-electron chi connectivity index (χ4n) is 4.28. The fraction of sp³-hybridized carbons (Fsp3) is 0.481. The second-order valence-electron chi connectivity index (χ2n) is 8.61. The molecule has 0 bridgehead atoms. The van der Waals surface area contributed by atoms with Crippen LogP contribution in [-0.2, 0) is 23.4 Å². The van der Waals surface area contributed by atoms with Gasteiger partial charge in [0.2, 0.25) is 0 Å². The normalized spacial score (nSPS) is 16.4. The van der Waals surface area contributed by atoms with E-state index in [1.807, 2.05) is 36.4 Å². The van der Waals surface area contributed by atoms with Crippen molar-refractivity contribution in [2.24, 2.45) is 0 Å². The van der Waals surface area contributed by atoms with E-state index in [9.17, 15) is 5.11 Å². The lowest BCUT2D eigenvalue weighted by atomic mass is 9.89. The van der Waals surface area contributed by atoms with Crippen molar-refractivity contribution in [1.82, 2.24) is 4.90 Å². The van der Waals surface area contributed by atoms with Crippen molar-refractivity contribution in [2.45, 2.75) is 63.3 Å². The number of ether oxygens (including phenoxy) is 2. The van der Waals surface area contributed by atoms with Crippen LogP contribution in [0.25, 0.3) is 0 Å². The minimum Gasteiger partial charge on any atom is -0.497 e. The molecule has 0 aliphatic carbocycles. The van der Waals surface area contributed by atoms with Gasteiger partial charge < -0.3 is 19.0 Å². The molecule has 2 aromatic rings. The maximum absolute atomic E-state index is 11.3. The van der Waals surface area contributed by atoms with Crippen LogP contribution < -0.4 is 4.74 Å². The molecule has 5 heteroatoms. The largest absolute Gasteiger partial charge is 0.497 e. The van der Waals surface area contributed by atoms with Crippen LogP contribution in [0.1, 0.15) is 55.6 Å². The van der Waals surface area contributed by atoms with Crippen molar-refractivity contribution in [1.29, 1.82) is 0 Å². The van der Waals surface area contributed by atoms with Crippen molar-refractivity contribution >= 4 is 0 Å². The Morgan fingerprint density at radius 1 is 1.16 bits per heavy atom. The quantitative estimate of drug-likeness (QED) is 0.389. The number of benzene rings is 1. The molecule has 3 rings (SSSR count). The Kier molecular flexibility index (Phi) is 9.15. The Labute approximate surface area is 192 Å². The summed E-state index contributed by atoms with van der Waals surface area (Å²) < 4.78 is 17.5. The van der Waals surface area contributed by atoms with E-state index in [2.05, 4.69) is 30.2 Å². The van der Waals surface area contributed by atoms with Gasteiger partial charge in [-0.1, -0.05) is 24.3 Å². The predicted molar refractivity (Wildman–Crippen MR) is 128 cm³/mol. The Morgan fingerprint density at radius 3 is 2.59 bits per heavy atom. The molecule has 1 aromatic heterocycles. The Hall–Kier alpha value is -2.34. The first kappa shape index (κ1) is 24.3. The van der Waals surface area contributed by atoms with E-state index >= 15 is 0 Å². The summed E-state index contributed by atoms with van der Waals surface area (Å²) in [5.74, 6) is 2.32.